The molecule has 4 nitrogen and oxygen atoms in total. The maximum absolute atomic E-state index is 9.81. The first-order valence-electron chi connectivity index (χ1n) is 7.27. The van der Waals surface area contributed by atoms with Crippen molar-refractivity contribution in [2.75, 3.05) is 26.8 Å². The van der Waals surface area contributed by atoms with Crippen LogP contribution in [-0.2, 0) is 0 Å². The molecule has 0 saturated heterocycles. The Bertz CT molecular complexity index is 351. The third-order valence-electron chi connectivity index (χ3n) is 3.02. The Kier molecular flexibility index (Phi) is 8.07. The molecule has 2 N–H and O–H groups in total. The van der Waals surface area contributed by atoms with Gasteiger partial charge in [-0.2, -0.15) is 0 Å². The van der Waals surface area contributed by atoms with Crippen molar-refractivity contribution < 1.29 is 14.6 Å². The van der Waals surface area contributed by atoms with Crippen LogP contribution in [0.5, 0.6) is 11.5 Å². The van der Waals surface area contributed by atoms with Gasteiger partial charge in [0.2, 0.25) is 0 Å². The van der Waals surface area contributed by atoms with Gasteiger partial charge in [-0.15, -0.1) is 0 Å². The highest BCUT2D eigenvalue weighted by Crippen LogP contribution is 2.16. The zero-order chi connectivity index (χ0) is 14.8. The molecule has 0 amide bonds. The van der Waals surface area contributed by atoms with Gasteiger partial charge < -0.3 is 19.9 Å². The molecule has 0 fully saturated rings. The Morgan fingerprint density at radius 2 is 1.80 bits per heavy atom. The smallest absolute Gasteiger partial charge is 0.119 e. The molecule has 1 rings (SSSR count). The van der Waals surface area contributed by atoms with Gasteiger partial charge in [0.05, 0.1) is 7.11 Å². The number of hydrogen-bond donors (Lipinski definition) is 2. The first-order valence-corrected chi connectivity index (χ1v) is 7.27. The van der Waals surface area contributed by atoms with E-state index in [1.807, 2.05) is 24.3 Å². The van der Waals surface area contributed by atoms with Crippen molar-refractivity contribution in [3.05, 3.63) is 24.3 Å². The van der Waals surface area contributed by atoms with Crippen LogP contribution < -0.4 is 14.8 Å². The van der Waals surface area contributed by atoms with E-state index >= 15 is 0 Å². The van der Waals surface area contributed by atoms with Gasteiger partial charge in [-0.05, 0) is 49.6 Å². The summed E-state index contributed by atoms with van der Waals surface area (Å²) in [5.74, 6) is 2.27. The molecule has 20 heavy (non-hydrogen) atoms. The molecule has 0 radical (unpaired) electrons. The summed E-state index contributed by atoms with van der Waals surface area (Å²) in [7, 11) is 1.63. The highest BCUT2D eigenvalue weighted by Gasteiger charge is 2.05. The molecule has 1 unspecified atom stereocenters. The van der Waals surface area contributed by atoms with Crippen molar-refractivity contribution in [2.24, 2.45) is 5.92 Å². The monoisotopic (exact) mass is 281 g/mol. The molecule has 4 heteroatoms. The first kappa shape index (κ1) is 16.8. The van der Waals surface area contributed by atoms with Crippen LogP contribution >= 0.6 is 0 Å². The lowest BCUT2D eigenvalue weighted by Crippen LogP contribution is -2.32. The van der Waals surface area contributed by atoms with Crippen LogP contribution in [0.4, 0.5) is 0 Å². The fourth-order valence-electron chi connectivity index (χ4n) is 1.83. The van der Waals surface area contributed by atoms with Gasteiger partial charge in [0.25, 0.3) is 0 Å². The van der Waals surface area contributed by atoms with Crippen LogP contribution in [0.25, 0.3) is 0 Å². The second kappa shape index (κ2) is 9.61. The first-order chi connectivity index (χ1) is 9.61. The summed E-state index contributed by atoms with van der Waals surface area (Å²) in [6.07, 6.45) is 1.87. The number of ether oxygens (including phenoxy) is 2. The molecular weight excluding hydrogens is 254 g/mol. The lowest BCUT2D eigenvalue weighted by Gasteiger charge is -2.13. The molecule has 0 aliphatic heterocycles. The molecule has 0 aliphatic rings. The molecule has 114 valence electrons. The molecule has 0 bridgehead atoms. The normalized spacial score (nSPS) is 12.4. The minimum absolute atomic E-state index is 0.295. The van der Waals surface area contributed by atoms with E-state index in [1.165, 1.54) is 6.42 Å². The van der Waals surface area contributed by atoms with E-state index in [9.17, 15) is 5.11 Å². The van der Waals surface area contributed by atoms with Crippen molar-refractivity contribution in [3.63, 3.8) is 0 Å². The summed E-state index contributed by atoms with van der Waals surface area (Å²) in [5, 5.41) is 13.1. The second-order valence-electron chi connectivity index (χ2n) is 5.38. The number of rotatable bonds is 10. The summed E-state index contributed by atoms with van der Waals surface area (Å²) < 4.78 is 10.6. The van der Waals surface area contributed by atoms with E-state index in [4.69, 9.17) is 9.47 Å². The van der Waals surface area contributed by atoms with E-state index in [0.29, 0.717) is 13.2 Å². The topological polar surface area (TPSA) is 50.7 Å². The Labute approximate surface area is 122 Å². The van der Waals surface area contributed by atoms with E-state index < -0.39 is 6.10 Å². The van der Waals surface area contributed by atoms with E-state index in [0.717, 1.165) is 30.4 Å². The maximum Gasteiger partial charge on any atom is 0.119 e. The van der Waals surface area contributed by atoms with Crippen molar-refractivity contribution in [1.82, 2.24) is 5.32 Å². The summed E-state index contributed by atoms with van der Waals surface area (Å²) in [6, 6.07) is 7.35. The Morgan fingerprint density at radius 3 is 2.40 bits per heavy atom. The average molecular weight is 281 g/mol. The molecule has 1 aromatic carbocycles. The highest BCUT2D eigenvalue weighted by atomic mass is 16.5. The number of hydrogen-bond acceptors (Lipinski definition) is 4. The van der Waals surface area contributed by atoms with Crippen LogP contribution in [0.15, 0.2) is 24.3 Å². The Morgan fingerprint density at radius 1 is 1.15 bits per heavy atom. The van der Waals surface area contributed by atoms with Crippen molar-refractivity contribution in [3.8, 4) is 11.5 Å². The van der Waals surface area contributed by atoms with Gasteiger partial charge >= 0.3 is 0 Å². The van der Waals surface area contributed by atoms with Crippen LogP contribution in [-0.4, -0.2) is 38.0 Å². The summed E-state index contributed by atoms with van der Waals surface area (Å²) in [6.45, 7) is 6.24. The van der Waals surface area contributed by atoms with Gasteiger partial charge in [-0.25, -0.2) is 0 Å². The van der Waals surface area contributed by atoms with Gasteiger partial charge in [-0.1, -0.05) is 13.8 Å². The van der Waals surface area contributed by atoms with Gasteiger partial charge in [0, 0.05) is 6.54 Å². The molecule has 1 aromatic rings. The van der Waals surface area contributed by atoms with Gasteiger partial charge in [-0.3, -0.25) is 0 Å². The van der Waals surface area contributed by atoms with E-state index in [-0.39, 0.29) is 0 Å². The molecule has 0 heterocycles. The number of benzene rings is 1. The average Bonchev–Trinajstić information content (AvgIpc) is 2.45. The summed E-state index contributed by atoms with van der Waals surface area (Å²) >= 11 is 0. The second-order valence-corrected chi connectivity index (χ2v) is 5.38. The Hall–Kier alpha value is -1.26. The Balaban J connectivity index is 2.11. The standard InChI is InChI=1S/C16H27NO3/c1-13(2)5-4-10-17-11-14(18)12-20-16-8-6-15(19-3)7-9-16/h6-9,13-14,17-18H,4-5,10-12H2,1-3H3. The van der Waals surface area contributed by atoms with Crippen molar-refractivity contribution in [2.45, 2.75) is 32.8 Å². The zero-order valence-electron chi connectivity index (χ0n) is 12.8. The highest BCUT2D eigenvalue weighted by molar-refractivity contribution is 5.31. The minimum Gasteiger partial charge on any atom is -0.497 e. The third-order valence-corrected chi connectivity index (χ3v) is 3.02. The van der Waals surface area contributed by atoms with Crippen LogP contribution in [0.1, 0.15) is 26.7 Å². The summed E-state index contributed by atoms with van der Waals surface area (Å²) in [4.78, 5) is 0. The zero-order valence-corrected chi connectivity index (χ0v) is 12.8. The molecule has 1 atom stereocenters. The number of aliphatic hydroxyl groups excluding tert-OH is 1. The quantitative estimate of drug-likeness (QED) is 0.647. The molecule has 0 saturated carbocycles. The van der Waals surface area contributed by atoms with Crippen LogP contribution in [0.3, 0.4) is 0 Å². The van der Waals surface area contributed by atoms with E-state index in [2.05, 4.69) is 19.2 Å². The number of aliphatic hydroxyl groups is 1. The maximum atomic E-state index is 9.81. The fraction of sp³-hybridized carbons (Fsp3) is 0.625. The van der Waals surface area contributed by atoms with Gasteiger partial charge in [0.1, 0.15) is 24.2 Å². The number of methoxy groups -OCH3 is 1. The molecule has 0 aromatic heterocycles. The van der Waals surface area contributed by atoms with Crippen molar-refractivity contribution >= 4 is 0 Å². The minimum atomic E-state index is -0.490. The molecule has 0 aliphatic carbocycles. The van der Waals surface area contributed by atoms with Crippen LogP contribution in [0.2, 0.25) is 0 Å². The fourth-order valence-corrected chi connectivity index (χ4v) is 1.83. The largest absolute Gasteiger partial charge is 0.497 e. The lowest BCUT2D eigenvalue weighted by atomic mass is 10.1. The summed E-state index contributed by atoms with van der Waals surface area (Å²) in [5.41, 5.74) is 0. The third kappa shape index (κ3) is 7.36. The van der Waals surface area contributed by atoms with E-state index in [1.54, 1.807) is 7.11 Å². The molecular formula is C16H27NO3. The SMILES string of the molecule is COc1ccc(OCC(O)CNCCCC(C)C)cc1. The predicted molar refractivity (Wildman–Crippen MR) is 81.4 cm³/mol. The lowest BCUT2D eigenvalue weighted by molar-refractivity contribution is 0.106. The predicted octanol–water partition coefficient (Wildman–Crippen LogP) is 2.46. The molecule has 0 spiro atoms. The van der Waals surface area contributed by atoms with Gasteiger partial charge in [0.15, 0.2) is 0 Å². The number of nitrogens with one attached hydrogen (secondary N) is 1. The van der Waals surface area contributed by atoms with Crippen LogP contribution in [0, 0.1) is 5.92 Å². The van der Waals surface area contributed by atoms with Crippen molar-refractivity contribution in [1.29, 1.82) is 0 Å².